The Bertz CT molecular complexity index is 1220. The number of hydrogen-bond donors (Lipinski definition) is 0. The molecule has 37 heavy (non-hydrogen) atoms. The lowest BCUT2D eigenvalue weighted by Gasteiger charge is -2.36. The second kappa shape index (κ2) is 12.0. The van der Waals surface area contributed by atoms with Gasteiger partial charge in [-0.3, -0.25) is 0 Å². The Morgan fingerprint density at radius 2 is 0.757 bits per heavy atom. The highest BCUT2D eigenvalue weighted by Crippen LogP contribution is 2.62. The van der Waals surface area contributed by atoms with Gasteiger partial charge in [-0.25, -0.2) is 0 Å². The predicted molar refractivity (Wildman–Crippen MR) is 168 cm³/mol. The van der Waals surface area contributed by atoms with Gasteiger partial charge in [0.1, 0.15) is 23.2 Å². The third-order valence-electron chi connectivity index (χ3n) is 7.34. The second-order valence-corrected chi connectivity index (χ2v) is 16.2. The van der Waals surface area contributed by atoms with Crippen LogP contribution in [0.1, 0.15) is 20.3 Å². The van der Waals surface area contributed by atoms with Crippen molar-refractivity contribution < 1.29 is 0 Å². The van der Waals surface area contributed by atoms with Gasteiger partial charge in [-0.05, 0) is 73.9 Å². The second-order valence-electron chi connectivity index (χ2n) is 9.70. The summed E-state index contributed by atoms with van der Waals surface area (Å²) >= 11 is 0. The maximum absolute atomic E-state index is 2.51. The van der Waals surface area contributed by atoms with Gasteiger partial charge >= 0.3 is 0 Å². The minimum Gasteiger partial charge on any atom is -0.0622 e. The Labute approximate surface area is 224 Å². The lowest BCUT2D eigenvalue weighted by Crippen LogP contribution is -2.39. The lowest BCUT2D eigenvalue weighted by molar-refractivity contribution is 0.789. The maximum atomic E-state index is 2.51. The molecule has 0 radical (unpaired) electrons. The third-order valence-corrected chi connectivity index (χ3v) is 15.0. The first-order valence-electron chi connectivity index (χ1n) is 13.2. The highest BCUT2D eigenvalue weighted by atomic mass is 31.2. The summed E-state index contributed by atoms with van der Waals surface area (Å²) in [5.41, 5.74) is 1.01. The van der Waals surface area contributed by atoms with E-state index in [1.54, 1.807) is 0 Å². The topological polar surface area (TPSA) is 0 Å². The quantitative estimate of drug-likeness (QED) is 0.180. The zero-order valence-electron chi connectivity index (χ0n) is 21.7. The minimum absolute atomic E-state index is 0.479. The average molecular weight is 518 g/mol. The van der Waals surface area contributed by atoms with E-state index in [0.29, 0.717) is 11.3 Å². The predicted octanol–water partition coefficient (Wildman–Crippen LogP) is 7.28. The minimum atomic E-state index is -1.91. The van der Waals surface area contributed by atoms with Gasteiger partial charge in [-0.1, -0.05) is 122 Å². The van der Waals surface area contributed by atoms with Gasteiger partial charge in [0, 0.05) is 0 Å². The average Bonchev–Trinajstić information content (AvgIpc) is 2.96. The molecule has 0 unspecified atom stereocenters. The van der Waals surface area contributed by atoms with Crippen molar-refractivity contribution in [2.24, 2.45) is 0 Å². The number of hydrogen-bond acceptors (Lipinski definition) is 0. The van der Waals surface area contributed by atoms with Crippen molar-refractivity contribution in [3.8, 4) is 0 Å². The summed E-state index contributed by atoms with van der Waals surface area (Å²) in [5.74, 6) is 0. The van der Waals surface area contributed by atoms with Crippen molar-refractivity contribution in [1.82, 2.24) is 0 Å². The molecular weight excluding hydrogens is 482 g/mol. The van der Waals surface area contributed by atoms with E-state index >= 15 is 0 Å². The van der Waals surface area contributed by atoms with Gasteiger partial charge in [0.2, 0.25) is 0 Å². The Hall–Kier alpha value is -3.04. The molecule has 184 valence electrons. The number of rotatable bonds is 9. The van der Waals surface area contributed by atoms with E-state index in [9.17, 15) is 0 Å². The molecule has 0 nitrogen and oxygen atoms in total. The first-order valence-corrected chi connectivity index (χ1v) is 16.4. The monoisotopic (exact) mass is 517 g/mol. The molecule has 5 aromatic carbocycles. The molecule has 0 aliphatic heterocycles. The highest BCUT2D eigenvalue weighted by molar-refractivity contribution is 7.96. The molecule has 0 amide bonds. The Balaban J connectivity index is 1.63. The molecule has 0 aromatic heterocycles. The fourth-order valence-electron chi connectivity index (χ4n) is 5.79. The molecule has 0 N–H and O–H groups in total. The van der Waals surface area contributed by atoms with Gasteiger partial charge in [-0.15, -0.1) is 0 Å². The van der Waals surface area contributed by atoms with E-state index in [0.717, 1.165) is 6.42 Å². The summed E-state index contributed by atoms with van der Waals surface area (Å²) in [6.07, 6.45) is 1.15. The molecule has 5 rings (SSSR count). The van der Waals surface area contributed by atoms with Crippen molar-refractivity contribution >= 4 is 41.7 Å². The fraction of sp³-hybridized carbons (Fsp3) is 0.143. The summed E-state index contributed by atoms with van der Waals surface area (Å²) < 4.78 is 0. The van der Waals surface area contributed by atoms with Crippen LogP contribution in [0.5, 0.6) is 0 Å². The van der Waals surface area contributed by atoms with Crippen molar-refractivity contribution in [2.75, 3.05) is 0 Å². The largest absolute Gasteiger partial charge is 0.114 e. The van der Waals surface area contributed by atoms with Crippen molar-refractivity contribution in [3.63, 3.8) is 0 Å². The standard InChI is InChI=1S/C35H35P2/c1-29(36(31-18-8-3-9-19-31)32-20-10-4-11-21-32)28-30(2)37(33-22-12-5-13-23-33,34-24-14-6-15-25-34)35-26-16-7-17-27-35/h3-27,29-30H,28H2,1-2H3/q+1/t29-,30-/m1/s1. The number of benzene rings is 5. The molecule has 0 aliphatic rings. The first kappa shape index (κ1) is 25.6. The molecule has 0 bridgehead atoms. The van der Waals surface area contributed by atoms with Gasteiger partial charge in [0.05, 0.1) is 5.66 Å². The summed E-state index contributed by atoms with van der Waals surface area (Å²) in [4.78, 5) is 0. The molecule has 0 aliphatic carbocycles. The molecule has 2 atom stereocenters. The molecule has 0 spiro atoms. The molecular formula is C35H35P2+. The van der Waals surface area contributed by atoms with Gasteiger partial charge in [-0.2, -0.15) is 0 Å². The van der Waals surface area contributed by atoms with Crippen molar-refractivity contribution in [3.05, 3.63) is 152 Å². The summed E-state index contributed by atoms with van der Waals surface area (Å²) in [6, 6.07) is 56.3. The summed E-state index contributed by atoms with van der Waals surface area (Å²) in [7, 11) is -2.39. The van der Waals surface area contributed by atoms with Crippen LogP contribution in [0.25, 0.3) is 0 Å². The third kappa shape index (κ3) is 5.33. The Kier molecular flexibility index (Phi) is 8.31. The molecule has 0 saturated carbocycles. The maximum Gasteiger partial charge on any atom is 0.114 e. The molecule has 5 aromatic rings. The summed E-state index contributed by atoms with van der Waals surface area (Å²) in [6.45, 7) is 5.00. The van der Waals surface area contributed by atoms with Crippen LogP contribution in [0.3, 0.4) is 0 Å². The Morgan fingerprint density at radius 1 is 0.459 bits per heavy atom. The molecule has 0 heterocycles. The Morgan fingerprint density at radius 3 is 1.08 bits per heavy atom. The smallest absolute Gasteiger partial charge is 0.0622 e. The summed E-state index contributed by atoms with van der Waals surface area (Å²) in [5, 5.41) is 7.33. The van der Waals surface area contributed by atoms with Crippen molar-refractivity contribution in [2.45, 2.75) is 31.6 Å². The van der Waals surface area contributed by atoms with Crippen LogP contribution in [0.4, 0.5) is 0 Å². The van der Waals surface area contributed by atoms with Crippen LogP contribution < -0.4 is 26.5 Å². The molecule has 0 fully saturated rings. The first-order chi connectivity index (χ1) is 18.2. The van der Waals surface area contributed by atoms with Crippen LogP contribution >= 0.6 is 15.2 Å². The lowest BCUT2D eigenvalue weighted by atomic mass is 10.2. The van der Waals surface area contributed by atoms with E-state index in [2.05, 4.69) is 166 Å². The van der Waals surface area contributed by atoms with Gasteiger partial charge < -0.3 is 0 Å². The van der Waals surface area contributed by atoms with Crippen LogP contribution in [0, 0.1) is 0 Å². The van der Waals surface area contributed by atoms with E-state index < -0.39 is 15.2 Å². The van der Waals surface area contributed by atoms with Gasteiger partial charge in [0.15, 0.2) is 0 Å². The van der Waals surface area contributed by atoms with E-state index in [1.807, 2.05) is 0 Å². The SMILES string of the molecule is C[C@H](C[C@@H](C)[P+](c1ccccc1)(c1ccccc1)c1ccccc1)P(c1ccccc1)c1ccccc1. The zero-order valence-corrected chi connectivity index (χ0v) is 23.5. The molecule has 0 saturated heterocycles. The van der Waals surface area contributed by atoms with Crippen LogP contribution in [0.15, 0.2) is 152 Å². The van der Waals surface area contributed by atoms with Crippen LogP contribution in [-0.4, -0.2) is 11.3 Å². The normalized spacial score (nSPS) is 13.3. The van der Waals surface area contributed by atoms with Crippen LogP contribution in [-0.2, 0) is 0 Å². The van der Waals surface area contributed by atoms with Crippen LogP contribution in [0.2, 0.25) is 0 Å². The zero-order chi connectivity index (χ0) is 25.5. The molecule has 2 heteroatoms. The van der Waals surface area contributed by atoms with Gasteiger partial charge in [0.25, 0.3) is 0 Å². The van der Waals surface area contributed by atoms with E-state index in [-0.39, 0.29) is 0 Å². The van der Waals surface area contributed by atoms with Crippen molar-refractivity contribution in [1.29, 1.82) is 0 Å². The van der Waals surface area contributed by atoms with E-state index in [1.165, 1.54) is 26.5 Å². The van der Waals surface area contributed by atoms with E-state index in [4.69, 9.17) is 0 Å². The highest BCUT2D eigenvalue weighted by Gasteiger charge is 2.50. The fourth-order valence-corrected chi connectivity index (χ4v) is 13.8.